The van der Waals surface area contributed by atoms with Crippen LogP contribution < -0.4 is 10.5 Å². The number of nitrogens with zero attached hydrogens (tertiary/aromatic N) is 2. The third-order valence-electron chi connectivity index (χ3n) is 2.80. The second-order valence-corrected chi connectivity index (χ2v) is 4.76. The van der Waals surface area contributed by atoms with Crippen molar-refractivity contribution < 1.29 is 9.26 Å². The first-order valence-electron chi connectivity index (χ1n) is 6.28. The predicted molar refractivity (Wildman–Crippen MR) is 79.9 cm³/mol. The Hall–Kier alpha value is -2.53. The Balaban J connectivity index is 1.74. The van der Waals surface area contributed by atoms with Gasteiger partial charge in [-0.1, -0.05) is 35.0 Å². The maximum absolute atomic E-state index is 6.11. The summed E-state index contributed by atoms with van der Waals surface area (Å²) in [6, 6.07) is 14.5. The van der Waals surface area contributed by atoms with Crippen LogP contribution in [-0.2, 0) is 6.61 Å². The van der Waals surface area contributed by atoms with Gasteiger partial charge < -0.3 is 15.0 Å². The molecule has 1 heterocycles. The molecule has 0 aliphatic rings. The van der Waals surface area contributed by atoms with Gasteiger partial charge in [-0.15, -0.1) is 0 Å². The first-order chi connectivity index (χ1) is 10.2. The minimum absolute atomic E-state index is 0.222. The van der Waals surface area contributed by atoms with Gasteiger partial charge in [0.2, 0.25) is 5.82 Å². The van der Waals surface area contributed by atoms with E-state index >= 15 is 0 Å². The summed E-state index contributed by atoms with van der Waals surface area (Å²) in [6.45, 7) is 0.222. The smallest absolute Gasteiger partial charge is 0.259 e. The van der Waals surface area contributed by atoms with Crippen LogP contribution in [0.5, 0.6) is 5.75 Å². The van der Waals surface area contributed by atoms with E-state index in [1.807, 2.05) is 30.3 Å². The molecule has 0 spiro atoms. The summed E-state index contributed by atoms with van der Waals surface area (Å²) < 4.78 is 10.7. The van der Waals surface area contributed by atoms with Crippen LogP contribution in [0.1, 0.15) is 5.82 Å². The summed E-state index contributed by atoms with van der Waals surface area (Å²) in [5, 5.41) is 4.34. The molecule has 0 saturated carbocycles. The summed E-state index contributed by atoms with van der Waals surface area (Å²) in [4.78, 5) is 4.26. The molecule has 21 heavy (non-hydrogen) atoms. The predicted octanol–water partition coefficient (Wildman–Crippen LogP) is 3.55. The highest BCUT2D eigenvalue weighted by Gasteiger charge is 2.12. The summed E-state index contributed by atoms with van der Waals surface area (Å²) in [7, 11) is 0. The van der Waals surface area contributed by atoms with Crippen molar-refractivity contribution in [3.8, 4) is 17.2 Å². The molecule has 2 N–H and O–H groups in total. The largest absolute Gasteiger partial charge is 0.485 e. The maximum atomic E-state index is 6.11. The molecule has 3 aromatic rings. The van der Waals surface area contributed by atoms with E-state index in [1.165, 1.54) is 0 Å². The van der Waals surface area contributed by atoms with Gasteiger partial charge in [0.05, 0.1) is 10.6 Å². The van der Waals surface area contributed by atoms with Crippen LogP contribution in [-0.4, -0.2) is 10.1 Å². The van der Waals surface area contributed by atoms with Crippen LogP contribution in [0.15, 0.2) is 53.1 Å². The number of hydrogen-bond donors (Lipinski definition) is 1. The van der Waals surface area contributed by atoms with Gasteiger partial charge in [-0.05, 0) is 30.3 Å². The average molecular weight is 302 g/mol. The number of aromatic nitrogens is 2. The van der Waals surface area contributed by atoms with Crippen LogP contribution in [0, 0.1) is 0 Å². The van der Waals surface area contributed by atoms with E-state index < -0.39 is 0 Å². The Kier molecular flexibility index (Phi) is 3.75. The number of nitrogen functional groups attached to an aromatic ring is 1. The fourth-order valence-electron chi connectivity index (χ4n) is 1.79. The summed E-state index contributed by atoms with van der Waals surface area (Å²) in [6.07, 6.45) is 0. The molecule has 106 valence electrons. The zero-order valence-electron chi connectivity index (χ0n) is 11.0. The quantitative estimate of drug-likeness (QED) is 0.746. The highest BCUT2D eigenvalue weighted by molar-refractivity contribution is 6.33. The molecule has 0 aliphatic heterocycles. The first kappa shape index (κ1) is 13.5. The minimum Gasteiger partial charge on any atom is -0.485 e. The zero-order valence-corrected chi connectivity index (χ0v) is 11.7. The lowest BCUT2D eigenvalue weighted by atomic mass is 10.2. The lowest BCUT2D eigenvalue weighted by Crippen LogP contribution is -1.97. The van der Waals surface area contributed by atoms with E-state index in [9.17, 15) is 0 Å². The van der Waals surface area contributed by atoms with Crippen LogP contribution in [0.3, 0.4) is 0 Å². The number of nitrogens with two attached hydrogens (primary N) is 1. The summed E-state index contributed by atoms with van der Waals surface area (Å²) in [5.41, 5.74) is 6.87. The molecule has 0 atom stereocenters. The van der Waals surface area contributed by atoms with Crippen molar-refractivity contribution in [3.05, 3.63) is 59.4 Å². The molecule has 0 amide bonds. The van der Waals surface area contributed by atoms with Gasteiger partial charge in [-0.3, -0.25) is 0 Å². The van der Waals surface area contributed by atoms with E-state index in [0.29, 0.717) is 28.0 Å². The summed E-state index contributed by atoms with van der Waals surface area (Å²) in [5.74, 6) is 1.53. The zero-order chi connectivity index (χ0) is 14.7. The Bertz CT molecular complexity index is 744. The normalized spacial score (nSPS) is 10.5. The van der Waals surface area contributed by atoms with Crippen LogP contribution >= 0.6 is 11.6 Å². The standard InChI is InChI=1S/C15H12ClN3O2/c16-13-8-10(17)6-7-12(13)15-18-14(19-21-15)9-20-11-4-2-1-3-5-11/h1-8H,9,17H2. The molecule has 6 heteroatoms. The van der Waals surface area contributed by atoms with Crippen molar-refractivity contribution in [2.24, 2.45) is 0 Å². The Labute approximate surface area is 126 Å². The molecule has 1 aromatic heterocycles. The van der Waals surface area contributed by atoms with E-state index in [2.05, 4.69) is 10.1 Å². The van der Waals surface area contributed by atoms with Gasteiger partial charge in [0.1, 0.15) is 5.75 Å². The topological polar surface area (TPSA) is 74.2 Å². The molecule has 0 fully saturated rings. The van der Waals surface area contributed by atoms with Gasteiger partial charge in [-0.2, -0.15) is 4.98 Å². The van der Waals surface area contributed by atoms with Crippen molar-refractivity contribution in [2.45, 2.75) is 6.61 Å². The fourth-order valence-corrected chi connectivity index (χ4v) is 2.06. The maximum Gasteiger partial charge on any atom is 0.259 e. The molecule has 0 saturated heterocycles. The lowest BCUT2D eigenvalue weighted by molar-refractivity contribution is 0.287. The summed E-state index contributed by atoms with van der Waals surface area (Å²) >= 11 is 6.11. The molecule has 0 unspecified atom stereocenters. The third kappa shape index (κ3) is 3.14. The number of halogens is 1. The fraction of sp³-hybridized carbons (Fsp3) is 0.0667. The Morgan fingerprint density at radius 3 is 2.71 bits per heavy atom. The number of anilines is 1. The second kappa shape index (κ2) is 5.85. The molecular weight excluding hydrogens is 290 g/mol. The minimum atomic E-state index is 0.222. The molecule has 3 rings (SSSR count). The Morgan fingerprint density at radius 1 is 1.14 bits per heavy atom. The Morgan fingerprint density at radius 2 is 1.95 bits per heavy atom. The molecule has 0 aliphatic carbocycles. The van der Waals surface area contributed by atoms with Crippen molar-refractivity contribution in [2.75, 3.05) is 5.73 Å². The monoisotopic (exact) mass is 301 g/mol. The second-order valence-electron chi connectivity index (χ2n) is 4.36. The molecule has 0 bridgehead atoms. The molecule has 0 radical (unpaired) electrons. The highest BCUT2D eigenvalue weighted by atomic mass is 35.5. The number of ether oxygens (including phenoxy) is 1. The third-order valence-corrected chi connectivity index (χ3v) is 3.12. The van der Waals surface area contributed by atoms with Crippen molar-refractivity contribution in [3.63, 3.8) is 0 Å². The van der Waals surface area contributed by atoms with Crippen LogP contribution in [0.2, 0.25) is 5.02 Å². The number of benzene rings is 2. The molecular formula is C15H12ClN3O2. The number of rotatable bonds is 4. The van der Waals surface area contributed by atoms with Crippen molar-refractivity contribution in [1.29, 1.82) is 0 Å². The van der Waals surface area contributed by atoms with Gasteiger partial charge in [-0.25, -0.2) is 0 Å². The molecule has 2 aromatic carbocycles. The first-order valence-corrected chi connectivity index (χ1v) is 6.66. The van der Waals surface area contributed by atoms with E-state index in [0.717, 1.165) is 5.75 Å². The van der Waals surface area contributed by atoms with E-state index in [-0.39, 0.29) is 6.61 Å². The van der Waals surface area contributed by atoms with Crippen LogP contribution in [0.25, 0.3) is 11.5 Å². The number of para-hydroxylation sites is 1. The van der Waals surface area contributed by atoms with Crippen LogP contribution in [0.4, 0.5) is 5.69 Å². The lowest BCUT2D eigenvalue weighted by Gasteiger charge is -2.01. The van der Waals surface area contributed by atoms with E-state index in [4.69, 9.17) is 26.6 Å². The highest BCUT2D eigenvalue weighted by Crippen LogP contribution is 2.28. The average Bonchev–Trinajstić information content (AvgIpc) is 2.95. The van der Waals surface area contributed by atoms with Gasteiger partial charge in [0.25, 0.3) is 5.89 Å². The van der Waals surface area contributed by atoms with Gasteiger partial charge in [0, 0.05) is 5.69 Å². The van der Waals surface area contributed by atoms with Crippen molar-refractivity contribution in [1.82, 2.24) is 10.1 Å². The van der Waals surface area contributed by atoms with Crippen molar-refractivity contribution >= 4 is 17.3 Å². The van der Waals surface area contributed by atoms with Gasteiger partial charge in [0.15, 0.2) is 6.61 Å². The molecule has 5 nitrogen and oxygen atoms in total. The number of hydrogen-bond acceptors (Lipinski definition) is 5. The SMILES string of the molecule is Nc1ccc(-c2nc(COc3ccccc3)no2)c(Cl)c1. The van der Waals surface area contributed by atoms with Gasteiger partial charge >= 0.3 is 0 Å². The van der Waals surface area contributed by atoms with E-state index in [1.54, 1.807) is 18.2 Å².